The van der Waals surface area contributed by atoms with Gasteiger partial charge in [-0.1, -0.05) is 25.4 Å². The van der Waals surface area contributed by atoms with Gasteiger partial charge < -0.3 is 19.5 Å². The number of rotatable bonds is 9. The maximum absolute atomic E-state index is 12.1. The number of carbonyl (C=O) groups excluding carboxylic acids is 1. The van der Waals surface area contributed by atoms with E-state index < -0.39 is 0 Å². The van der Waals surface area contributed by atoms with Crippen molar-refractivity contribution in [3.8, 4) is 11.5 Å². The standard InChI is InChI=1S/C16H24ClNO4/c1-11(2)10-22-7-5-6-18-16(19)12-8-13(17)15(21-4)14(9-12)20-3/h8-9,11H,5-7,10H2,1-4H3,(H,18,19). The Bertz CT molecular complexity index is 491. The Labute approximate surface area is 136 Å². The molecule has 0 saturated carbocycles. The van der Waals surface area contributed by atoms with Crippen molar-refractivity contribution in [2.24, 2.45) is 5.92 Å². The first kappa shape index (κ1) is 18.6. The molecule has 0 aliphatic heterocycles. The van der Waals surface area contributed by atoms with Crippen molar-refractivity contribution in [1.82, 2.24) is 5.32 Å². The van der Waals surface area contributed by atoms with Crippen LogP contribution in [-0.2, 0) is 4.74 Å². The summed E-state index contributed by atoms with van der Waals surface area (Å²) in [5.74, 6) is 1.17. The molecule has 0 heterocycles. The highest BCUT2D eigenvalue weighted by Gasteiger charge is 2.14. The van der Waals surface area contributed by atoms with Crippen molar-refractivity contribution in [2.75, 3.05) is 34.0 Å². The molecule has 0 radical (unpaired) electrons. The number of benzene rings is 1. The molecule has 0 aliphatic rings. The number of nitrogens with one attached hydrogen (secondary N) is 1. The minimum absolute atomic E-state index is 0.202. The fourth-order valence-corrected chi connectivity index (χ4v) is 2.13. The van der Waals surface area contributed by atoms with Crippen LogP contribution >= 0.6 is 11.6 Å². The van der Waals surface area contributed by atoms with Gasteiger partial charge in [0.25, 0.3) is 5.91 Å². The quantitative estimate of drug-likeness (QED) is 0.707. The van der Waals surface area contributed by atoms with Crippen molar-refractivity contribution < 1.29 is 19.0 Å². The first-order valence-electron chi connectivity index (χ1n) is 7.27. The number of ether oxygens (including phenoxy) is 3. The Hall–Kier alpha value is -1.46. The fraction of sp³-hybridized carbons (Fsp3) is 0.562. The summed E-state index contributed by atoms with van der Waals surface area (Å²) in [6.07, 6.45) is 0.763. The second-order valence-corrected chi connectivity index (χ2v) is 5.68. The fourth-order valence-electron chi connectivity index (χ4n) is 1.85. The molecule has 22 heavy (non-hydrogen) atoms. The molecule has 6 heteroatoms. The molecule has 1 amide bonds. The zero-order valence-corrected chi connectivity index (χ0v) is 14.3. The monoisotopic (exact) mass is 329 g/mol. The molecule has 0 bridgehead atoms. The molecule has 1 rings (SSSR count). The molecular weight excluding hydrogens is 306 g/mol. The van der Waals surface area contributed by atoms with E-state index in [0.717, 1.165) is 13.0 Å². The summed E-state index contributed by atoms with van der Waals surface area (Å²) in [6, 6.07) is 3.17. The maximum atomic E-state index is 12.1. The average molecular weight is 330 g/mol. The second-order valence-electron chi connectivity index (χ2n) is 5.27. The smallest absolute Gasteiger partial charge is 0.251 e. The van der Waals surface area contributed by atoms with E-state index in [1.165, 1.54) is 14.2 Å². The van der Waals surface area contributed by atoms with Crippen LogP contribution in [0.15, 0.2) is 12.1 Å². The molecule has 0 saturated heterocycles. The van der Waals surface area contributed by atoms with Crippen LogP contribution in [-0.4, -0.2) is 39.9 Å². The van der Waals surface area contributed by atoms with Crippen molar-refractivity contribution in [2.45, 2.75) is 20.3 Å². The Morgan fingerprint density at radius 3 is 2.59 bits per heavy atom. The number of hydrogen-bond donors (Lipinski definition) is 1. The van der Waals surface area contributed by atoms with Crippen molar-refractivity contribution in [3.05, 3.63) is 22.7 Å². The van der Waals surface area contributed by atoms with E-state index in [4.69, 9.17) is 25.8 Å². The highest BCUT2D eigenvalue weighted by atomic mass is 35.5. The van der Waals surface area contributed by atoms with E-state index in [-0.39, 0.29) is 5.91 Å². The van der Waals surface area contributed by atoms with Gasteiger partial charge in [-0.25, -0.2) is 0 Å². The lowest BCUT2D eigenvalue weighted by Gasteiger charge is -2.12. The van der Waals surface area contributed by atoms with Crippen LogP contribution in [0.5, 0.6) is 11.5 Å². The Kier molecular flexibility index (Phi) is 8.06. The van der Waals surface area contributed by atoms with Gasteiger partial charge in [0.05, 0.1) is 19.2 Å². The van der Waals surface area contributed by atoms with Gasteiger partial charge in [-0.2, -0.15) is 0 Å². The summed E-state index contributed by atoms with van der Waals surface area (Å²) in [5, 5.41) is 3.17. The maximum Gasteiger partial charge on any atom is 0.251 e. The largest absolute Gasteiger partial charge is 0.493 e. The first-order chi connectivity index (χ1) is 10.5. The summed E-state index contributed by atoms with van der Waals surface area (Å²) >= 11 is 6.08. The number of methoxy groups -OCH3 is 2. The highest BCUT2D eigenvalue weighted by Crippen LogP contribution is 2.35. The van der Waals surface area contributed by atoms with E-state index in [2.05, 4.69) is 19.2 Å². The summed E-state index contributed by atoms with van der Waals surface area (Å²) < 4.78 is 15.8. The van der Waals surface area contributed by atoms with E-state index in [9.17, 15) is 4.79 Å². The van der Waals surface area contributed by atoms with E-state index in [0.29, 0.717) is 41.2 Å². The third-order valence-electron chi connectivity index (χ3n) is 2.90. The molecule has 0 aliphatic carbocycles. The van der Waals surface area contributed by atoms with Crippen LogP contribution in [0.1, 0.15) is 30.6 Å². The molecule has 0 unspecified atom stereocenters. The number of carbonyl (C=O) groups is 1. The van der Waals surface area contributed by atoms with Gasteiger partial charge in [0.1, 0.15) is 0 Å². The number of amides is 1. The molecule has 0 atom stereocenters. The lowest BCUT2D eigenvalue weighted by molar-refractivity contribution is 0.0924. The molecule has 0 fully saturated rings. The van der Waals surface area contributed by atoms with Crippen LogP contribution in [0.4, 0.5) is 0 Å². The van der Waals surface area contributed by atoms with Gasteiger partial charge in [-0.05, 0) is 24.5 Å². The highest BCUT2D eigenvalue weighted by molar-refractivity contribution is 6.32. The minimum Gasteiger partial charge on any atom is -0.493 e. The Balaban J connectivity index is 2.50. The van der Waals surface area contributed by atoms with Crippen LogP contribution in [0.2, 0.25) is 5.02 Å². The van der Waals surface area contributed by atoms with Crippen molar-refractivity contribution >= 4 is 17.5 Å². The van der Waals surface area contributed by atoms with Gasteiger partial charge in [-0.15, -0.1) is 0 Å². The number of halogens is 1. The third-order valence-corrected chi connectivity index (χ3v) is 3.18. The molecule has 0 aromatic heterocycles. The zero-order chi connectivity index (χ0) is 16.5. The van der Waals surface area contributed by atoms with Crippen molar-refractivity contribution in [3.63, 3.8) is 0 Å². The van der Waals surface area contributed by atoms with Gasteiger partial charge in [0.2, 0.25) is 0 Å². The predicted octanol–water partition coefficient (Wildman–Crippen LogP) is 3.15. The molecule has 1 N–H and O–H groups in total. The topological polar surface area (TPSA) is 56.8 Å². The Morgan fingerprint density at radius 2 is 2.00 bits per heavy atom. The lowest BCUT2D eigenvalue weighted by atomic mass is 10.2. The summed E-state index contributed by atoms with van der Waals surface area (Å²) in [4.78, 5) is 12.1. The van der Waals surface area contributed by atoms with Gasteiger partial charge in [0.15, 0.2) is 11.5 Å². The normalized spacial score (nSPS) is 10.6. The third kappa shape index (κ3) is 5.73. The summed E-state index contributed by atoms with van der Waals surface area (Å²) in [5.41, 5.74) is 0.436. The van der Waals surface area contributed by atoms with Gasteiger partial charge in [0, 0.05) is 25.3 Å². The molecule has 124 valence electrons. The molecule has 0 spiro atoms. The number of hydrogen-bond acceptors (Lipinski definition) is 4. The lowest BCUT2D eigenvalue weighted by Crippen LogP contribution is -2.25. The molecule has 1 aromatic carbocycles. The van der Waals surface area contributed by atoms with Crippen LogP contribution in [0.3, 0.4) is 0 Å². The Morgan fingerprint density at radius 1 is 1.27 bits per heavy atom. The van der Waals surface area contributed by atoms with E-state index in [1.807, 2.05) is 0 Å². The predicted molar refractivity (Wildman–Crippen MR) is 87.2 cm³/mol. The van der Waals surface area contributed by atoms with E-state index in [1.54, 1.807) is 12.1 Å². The van der Waals surface area contributed by atoms with Crippen molar-refractivity contribution in [1.29, 1.82) is 0 Å². The van der Waals surface area contributed by atoms with Crippen LogP contribution in [0.25, 0.3) is 0 Å². The van der Waals surface area contributed by atoms with Crippen LogP contribution in [0, 0.1) is 5.92 Å². The molecular formula is C16H24ClNO4. The summed E-state index contributed by atoms with van der Waals surface area (Å²) in [6.45, 7) is 6.11. The van der Waals surface area contributed by atoms with Crippen LogP contribution < -0.4 is 14.8 Å². The van der Waals surface area contributed by atoms with Gasteiger partial charge >= 0.3 is 0 Å². The minimum atomic E-state index is -0.202. The summed E-state index contributed by atoms with van der Waals surface area (Å²) in [7, 11) is 3.00. The zero-order valence-electron chi connectivity index (χ0n) is 13.6. The average Bonchev–Trinajstić information content (AvgIpc) is 2.49. The first-order valence-corrected chi connectivity index (χ1v) is 7.64. The second kappa shape index (κ2) is 9.54. The SMILES string of the molecule is COc1cc(C(=O)NCCCOCC(C)C)cc(Cl)c1OC. The molecule has 5 nitrogen and oxygen atoms in total. The van der Waals surface area contributed by atoms with Gasteiger partial charge in [-0.3, -0.25) is 4.79 Å². The molecule has 1 aromatic rings. The van der Waals surface area contributed by atoms with E-state index >= 15 is 0 Å².